The maximum Gasteiger partial charge on any atom is 0.300 e. The van der Waals surface area contributed by atoms with Gasteiger partial charge in [0.2, 0.25) is 0 Å². The lowest BCUT2D eigenvalue weighted by molar-refractivity contribution is -0.134. The van der Waals surface area contributed by atoms with Crippen LogP contribution in [-0.4, -0.2) is 24.6 Å². The Kier molecular flexibility index (Phi) is 7.71. The van der Waals surface area contributed by atoms with Gasteiger partial charge in [0.1, 0.15) is 0 Å². The number of carbonyl (C=O) groups is 1. The second-order valence-electron chi connectivity index (χ2n) is 4.90. The fourth-order valence-electron chi connectivity index (χ4n) is 2.07. The van der Waals surface area contributed by atoms with Crippen LogP contribution < -0.4 is 0 Å². The lowest BCUT2D eigenvalue weighted by Gasteiger charge is -2.16. The normalized spacial score (nSPS) is 12.2. The van der Waals surface area contributed by atoms with E-state index >= 15 is 0 Å². The van der Waals surface area contributed by atoms with Crippen LogP contribution in [0.2, 0.25) is 0 Å². The maximum absolute atomic E-state index is 12.7. The molecule has 0 bridgehead atoms. The number of rotatable bonds is 5. The monoisotopic (exact) mass is 348 g/mol. The summed E-state index contributed by atoms with van der Waals surface area (Å²) in [5, 5.41) is 15.5. The van der Waals surface area contributed by atoms with Gasteiger partial charge in [-0.25, -0.2) is 8.42 Å². The van der Waals surface area contributed by atoms with Crippen LogP contribution in [0.15, 0.2) is 77.9 Å². The van der Waals surface area contributed by atoms with Crippen molar-refractivity contribution in [3.8, 4) is 0 Å². The topological polar surface area (TPSA) is 91.7 Å². The number of carboxylic acid groups (broad SMARTS) is 1. The summed E-state index contributed by atoms with van der Waals surface area (Å²) in [6, 6.07) is 17.4. The second kappa shape index (κ2) is 9.52. The molecule has 2 aromatic carbocycles. The molecule has 0 saturated heterocycles. The lowest BCUT2D eigenvalue weighted by atomic mass is 10.1. The average molecular weight is 348 g/mol. The van der Waals surface area contributed by atoms with Gasteiger partial charge < -0.3 is 10.2 Å². The average Bonchev–Trinajstić information content (AvgIpc) is 2.56. The highest BCUT2D eigenvalue weighted by atomic mass is 32.2. The zero-order valence-corrected chi connectivity index (χ0v) is 14.1. The summed E-state index contributed by atoms with van der Waals surface area (Å²) >= 11 is 0. The number of aliphatic hydroxyl groups is 1. The van der Waals surface area contributed by atoms with Gasteiger partial charge in [0.25, 0.3) is 5.97 Å². The summed E-state index contributed by atoms with van der Waals surface area (Å²) in [4.78, 5) is 9.29. The van der Waals surface area contributed by atoms with Gasteiger partial charge in [0, 0.05) is 6.92 Å². The van der Waals surface area contributed by atoms with Crippen LogP contribution in [-0.2, 0) is 14.6 Å². The van der Waals surface area contributed by atoms with Crippen molar-refractivity contribution in [1.82, 2.24) is 0 Å². The number of hydrogen-bond acceptors (Lipinski definition) is 4. The van der Waals surface area contributed by atoms with E-state index < -0.39 is 21.1 Å². The van der Waals surface area contributed by atoms with Crippen molar-refractivity contribution in [2.24, 2.45) is 0 Å². The van der Waals surface area contributed by atoms with Crippen molar-refractivity contribution in [3.63, 3.8) is 0 Å². The number of sulfone groups is 1. The molecule has 0 fully saturated rings. The molecule has 0 aliphatic rings. The first-order valence-corrected chi connectivity index (χ1v) is 8.77. The Morgan fingerprint density at radius 3 is 1.96 bits per heavy atom. The van der Waals surface area contributed by atoms with Crippen LogP contribution in [0.4, 0.5) is 0 Å². The molecular formula is C18H20O5S. The van der Waals surface area contributed by atoms with Crippen molar-refractivity contribution in [2.45, 2.75) is 23.5 Å². The van der Waals surface area contributed by atoms with Gasteiger partial charge in [-0.3, -0.25) is 4.79 Å². The molecule has 0 aliphatic heterocycles. The molecule has 0 saturated carbocycles. The van der Waals surface area contributed by atoms with Crippen molar-refractivity contribution < 1.29 is 23.4 Å². The minimum atomic E-state index is -3.49. The van der Waals surface area contributed by atoms with Crippen LogP contribution in [0.1, 0.15) is 24.2 Å². The van der Waals surface area contributed by atoms with E-state index in [9.17, 15) is 8.42 Å². The van der Waals surface area contributed by atoms with Crippen molar-refractivity contribution in [3.05, 3.63) is 78.6 Å². The smallest absolute Gasteiger partial charge is 0.300 e. The molecule has 0 amide bonds. The fraction of sp³-hybridized carbons (Fsp3) is 0.167. The number of allylic oxidation sites excluding steroid dienone is 1. The third kappa shape index (κ3) is 5.89. The Morgan fingerprint density at radius 2 is 1.50 bits per heavy atom. The molecule has 6 heteroatoms. The number of hydrogen-bond donors (Lipinski definition) is 2. The number of benzene rings is 2. The van der Waals surface area contributed by atoms with Gasteiger partial charge in [0.05, 0.1) is 16.4 Å². The summed E-state index contributed by atoms with van der Waals surface area (Å²) in [7, 11) is -3.49. The van der Waals surface area contributed by atoms with Gasteiger partial charge in [-0.15, -0.1) is 0 Å². The molecule has 0 heterocycles. The first-order chi connectivity index (χ1) is 11.4. The van der Waals surface area contributed by atoms with E-state index in [0.29, 0.717) is 4.90 Å². The molecule has 0 spiro atoms. The van der Waals surface area contributed by atoms with Crippen LogP contribution in [0.25, 0.3) is 0 Å². The minimum Gasteiger partial charge on any atom is -0.516 e. The van der Waals surface area contributed by atoms with Gasteiger partial charge in [-0.05, 0) is 30.2 Å². The summed E-state index contributed by atoms with van der Waals surface area (Å²) in [6.07, 6.45) is 2.58. The van der Waals surface area contributed by atoms with E-state index in [0.717, 1.165) is 18.7 Å². The third-order valence-electron chi connectivity index (χ3n) is 3.07. The van der Waals surface area contributed by atoms with Crippen molar-refractivity contribution >= 4 is 15.8 Å². The molecule has 0 aromatic heterocycles. The zero-order valence-electron chi connectivity index (χ0n) is 13.2. The van der Waals surface area contributed by atoms with E-state index in [-0.39, 0.29) is 6.42 Å². The van der Waals surface area contributed by atoms with Crippen LogP contribution in [0, 0.1) is 0 Å². The number of aliphatic hydroxyl groups excluding tert-OH is 1. The SMILES string of the molecule is CC(=O)O.O=S(=O)(c1ccccc1)C(CC=CO)c1ccccc1. The number of aliphatic carboxylic acids is 1. The van der Waals surface area contributed by atoms with Crippen LogP contribution in [0.5, 0.6) is 0 Å². The molecule has 24 heavy (non-hydrogen) atoms. The number of carboxylic acids is 1. The lowest BCUT2D eigenvalue weighted by Crippen LogP contribution is -2.13. The highest BCUT2D eigenvalue weighted by Gasteiger charge is 2.27. The second-order valence-corrected chi connectivity index (χ2v) is 7.03. The van der Waals surface area contributed by atoms with Gasteiger partial charge >= 0.3 is 0 Å². The standard InChI is InChI=1S/C16H16O3S.C2H4O2/c17-13-7-12-16(14-8-3-1-4-9-14)20(18,19)15-10-5-2-6-11-15;1-2(3)4/h1-11,13,16-17H,12H2;1H3,(H,3,4). The van der Waals surface area contributed by atoms with E-state index in [4.69, 9.17) is 15.0 Å². The molecule has 2 N–H and O–H groups in total. The Hall–Kier alpha value is -2.60. The largest absolute Gasteiger partial charge is 0.516 e. The van der Waals surface area contributed by atoms with E-state index in [1.54, 1.807) is 42.5 Å². The first kappa shape index (κ1) is 19.4. The van der Waals surface area contributed by atoms with Gasteiger partial charge in [-0.1, -0.05) is 48.5 Å². The van der Waals surface area contributed by atoms with Gasteiger partial charge in [0.15, 0.2) is 9.84 Å². The first-order valence-electron chi connectivity index (χ1n) is 7.22. The summed E-state index contributed by atoms with van der Waals surface area (Å²) in [5.41, 5.74) is 0.717. The molecule has 2 rings (SSSR count). The van der Waals surface area contributed by atoms with Crippen molar-refractivity contribution in [2.75, 3.05) is 0 Å². The molecule has 2 aromatic rings. The molecule has 0 aliphatic carbocycles. The molecule has 5 nitrogen and oxygen atoms in total. The maximum atomic E-state index is 12.7. The predicted octanol–water partition coefficient (Wildman–Crippen LogP) is 3.75. The fourth-order valence-corrected chi connectivity index (χ4v) is 3.81. The minimum absolute atomic E-state index is 0.234. The molecule has 1 unspecified atom stereocenters. The Bertz CT molecular complexity index is 749. The Morgan fingerprint density at radius 1 is 1.04 bits per heavy atom. The van der Waals surface area contributed by atoms with E-state index in [1.165, 1.54) is 6.08 Å². The highest BCUT2D eigenvalue weighted by Crippen LogP contribution is 2.31. The van der Waals surface area contributed by atoms with Crippen molar-refractivity contribution in [1.29, 1.82) is 0 Å². The molecular weight excluding hydrogens is 328 g/mol. The van der Waals surface area contributed by atoms with Gasteiger partial charge in [-0.2, -0.15) is 0 Å². The highest BCUT2D eigenvalue weighted by molar-refractivity contribution is 7.91. The third-order valence-corrected chi connectivity index (χ3v) is 5.22. The Labute approximate surface area is 141 Å². The molecule has 0 radical (unpaired) electrons. The van der Waals surface area contributed by atoms with Crippen LogP contribution >= 0.6 is 0 Å². The quantitative estimate of drug-likeness (QED) is 0.803. The predicted molar refractivity (Wildman–Crippen MR) is 92.5 cm³/mol. The summed E-state index contributed by atoms with van der Waals surface area (Å²) < 4.78 is 25.4. The van der Waals surface area contributed by atoms with Crippen LogP contribution in [0.3, 0.4) is 0 Å². The zero-order chi connectivity index (χ0) is 18.0. The summed E-state index contributed by atoms with van der Waals surface area (Å²) in [5.74, 6) is -0.833. The van der Waals surface area contributed by atoms with E-state index in [1.807, 2.05) is 18.2 Å². The summed E-state index contributed by atoms with van der Waals surface area (Å²) in [6.45, 7) is 1.08. The molecule has 128 valence electrons. The van der Waals surface area contributed by atoms with E-state index in [2.05, 4.69) is 0 Å². The Balaban J connectivity index is 0.000000648. The molecule has 1 atom stereocenters.